The third-order valence-electron chi connectivity index (χ3n) is 3.84. The van der Waals surface area contributed by atoms with E-state index in [2.05, 4.69) is 31.1 Å². The number of rotatable bonds is 3. The van der Waals surface area contributed by atoms with E-state index in [4.69, 9.17) is 0 Å². The number of carbonyl (C=O) groups excluding carboxylic acids is 1. The van der Waals surface area contributed by atoms with Crippen LogP contribution in [-0.4, -0.2) is 42.4 Å². The van der Waals surface area contributed by atoms with Crippen LogP contribution in [0.25, 0.3) is 11.4 Å². The molecule has 0 saturated carbocycles. The summed E-state index contributed by atoms with van der Waals surface area (Å²) >= 11 is 0. The zero-order chi connectivity index (χ0) is 16.5. The number of benzene rings is 1. The molecule has 0 fully saturated rings. The number of carbonyl (C=O) groups is 1. The number of amides is 1. The van der Waals surface area contributed by atoms with Crippen molar-refractivity contribution in [2.45, 2.75) is 13.0 Å². The number of anilines is 2. The quantitative estimate of drug-likeness (QED) is 0.749. The largest absolute Gasteiger partial charge is 0.368 e. The topological polar surface area (TPSA) is 103 Å². The maximum Gasteiger partial charge on any atom is 0.255 e. The minimum absolute atomic E-state index is 0.183. The lowest BCUT2D eigenvalue weighted by atomic mass is 10.1. The summed E-state index contributed by atoms with van der Waals surface area (Å²) in [5.41, 5.74) is 2.06. The number of aromatic nitrogens is 6. The molecule has 9 nitrogen and oxygen atoms in total. The molecule has 0 bridgehead atoms. The normalized spacial score (nSPS) is 13.2. The molecule has 0 spiro atoms. The minimum Gasteiger partial charge on any atom is -0.368 e. The van der Waals surface area contributed by atoms with Crippen molar-refractivity contribution >= 4 is 17.4 Å². The van der Waals surface area contributed by atoms with E-state index in [9.17, 15) is 4.79 Å². The van der Waals surface area contributed by atoms with Crippen LogP contribution in [0.2, 0.25) is 0 Å². The van der Waals surface area contributed by atoms with Crippen molar-refractivity contribution in [3.63, 3.8) is 0 Å². The van der Waals surface area contributed by atoms with E-state index in [-0.39, 0.29) is 5.91 Å². The van der Waals surface area contributed by atoms with Gasteiger partial charge in [0.15, 0.2) is 0 Å². The fraction of sp³-hybridized carbons (Fsp3) is 0.267. The summed E-state index contributed by atoms with van der Waals surface area (Å²) in [5, 5.41) is 22.3. The highest BCUT2D eigenvalue weighted by Crippen LogP contribution is 2.25. The first-order valence-corrected chi connectivity index (χ1v) is 7.66. The molecule has 0 atom stereocenters. The van der Waals surface area contributed by atoms with Gasteiger partial charge in [-0.05, 0) is 23.8 Å². The number of tetrazole rings is 1. The maximum absolute atomic E-state index is 12.4. The third kappa shape index (κ3) is 2.60. The van der Waals surface area contributed by atoms with E-state index in [1.54, 1.807) is 37.5 Å². The van der Waals surface area contributed by atoms with Crippen LogP contribution in [0.1, 0.15) is 16.8 Å². The van der Waals surface area contributed by atoms with E-state index >= 15 is 0 Å². The minimum atomic E-state index is -0.183. The molecule has 0 unspecified atom stereocenters. The predicted octanol–water partition coefficient (Wildman–Crippen LogP) is 1.14. The molecule has 24 heavy (non-hydrogen) atoms. The van der Waals surface area contributed by atoms with E-state index < -0.39 is 0 Å². The molecule has 0 radical (unpaired) electrons. The lowest BCUT2D eigenvalue weighted by Crippen LogP contribution is -2.19. The molecular weight excluding hydrogens is 308 g/mol. The monoisotopic (exact) mass is 324 g/mol. The zero-order valence-electron chi connectivity index (χ0n) is 13.1. The Balaban J connectivity index is 1.51. The van der Waals surface area contributed by atoms with Gasteiger partial charge in [0, 0.05) is 24.2 Å². The van der Waals surface area contributed by atoms with Gasteiger partial charge >= 0.3 is 0 Å². The van der Waals surface area contributed by atoms with Crippen LogP contribution in [-0.2, 0) is 13.6 Å². The predicted molar refractivity (Wildman–Crippen MR) is 87.5 cm³/mol. The van der Waals surface area contributed by atoms with Crippen molar-refractivity contribution in [2.75, 3.05) is 17.2 Å². The molecule has 2 N–H and O–H groups in total. The SMILES string of the molecule is Cn1nnc(-c2ccc(C(=O)Nc3cnn4c3NCCC4)cc2)n1. The van der Waals surface area contributed by atoms with Crippen LogP contribution in [0.3, 0.4) is 0 Å². The Labute approximate surface area is 137 Å². The Morgan fingerprint density at radius 2 is 2.12 bits per heavy atom. The Kier molecular flexibility index (Phi) is 3.45. The van der Waals surface area contributed by atoms with Crippen LogP contribution in [0.15, 0.2) is 30.5 Å². The van der Waals surface area contributed by atoms with Crippen LogP contribution < -0.4 is 10.6 Å². The first-order valence-electron chi connectivity index (χ1n) is 7.66. The van der Waals surface area contributed by atoms with E-state index in [0.717, 1.165) is 30.9 Å². The van der Waals surface area contributed by atoms with Crippen molar-refractivity contribution in [1.82, 2.24) is 30.0 Å². The smallest absolute Gasteiger partial charge is 0.255 e. The molecular formula is C15H16N8O. The zero-order valence-corrected chi connectivity index (χ0v) is 13.1. The van der Waals surface area contributed by atoms with Crippen LogP contribution in [0.5, 0.6) is 0 Å². The summed E-state index contributed by atoms with van der Waals surface area (Å²) in [4.78, 5) is 13.8. The van der Waals surface area contributed by atoms with Gasteiger partial charge in [-0.1, -0.05) is 12.1 Å². The van der Waals surface area contributed by atoms with Crippen molar-refractivity contribution in [3.05, 3.63) is 36.0 Å². The Morgan fingerprint density at radius 3 is 2.88 bits per heavy atom. The molecule has 1 amide bonds. The van der Waals surface area contributed by atoms with Crippen LogP contribution in [0, 0.1) is 0 Å². The lowest BCUT2D eigenvalue weighted by molar-refractivity contribution is 0.102. The van der Waals surface area contributed by atoms with Crippen LogP contribution >= 0.6 is 0 Å². The van der Waals surface area contributed by atoms with Gasteiger partial charge in [0.25, 0.3) is 5.91 Å². The molecule has 0 saturated heterocycles. The fourth-order valence-electron chi connectivity index (χ4n) is 2.63. The first-order chi connectivity index (χ1) is 11.7. The average Bonchev–Trinajstić information content (AvgIpc) is 3.22. The standard InChI is InChI=1S/C15H16N8O/c1-22-20-13(19-21-22)10-3-5-11(6-4-10)15(24)18-12-9-17-23-8-2-7-16-14(12)23/h3-6,9,16H,2,7-8H2,1H3,(H,18,24). The number of nitrogens with one attached hydrogen (secondary N) is 2. The van der Waals surface area contributed by atoms with Crippen molar-refractivity contribution in [1.29, 1.82) is 0 Å². The molecule has 3 aromatic rings. The van der Waals surface area contributed by atoms with E-state index in [1.165, 1.54) is 4.80 Å². The lowest BCUT2D eigenvalue weighted by Gasteiger charge is -2.17. The summed E-state index contributed by atoms with van der Waals surface area (Å²) in [7, 11) is 1.71. The highest BCUT2D eigenvalue weighted by molar-refractivity contribution is 6.05. The average molecular weight is 324 g/mol. The second kappa shape index (κ2) is 5.76. The molecule has 9 heteroatoms. The molecule has 4 rings (SSSR count). The maximum atomic E-state index is 12.4. The Hall–Kier alpha value is -3.23. The van der Waals surface area contributed by atoms with Gasteiger partial charge in [0.2, 0.25) is 5.82 Å². The van der Waals surface area contributed by atoms with Crippen molar-refractivity contribution in [3.8, 4) is 11.4 Å². The number of hydrogen-bond acceptors (Lipinski definition) is 6. The first kappa shape index (κ1) is 14.4. The number of nitrogens with zero attached hydrogens (tertiary/aromatic N) is 6. The number of hydrogen-bond donors (Lipinski definition) is 2. The summed E-state index contributed by atoms with van der Waals surface area (Å²) in [6.45, 7) is 1.74. The second-order valence-corrected chi connectivity index (χ2v) is 5.54. The molecule has 1 aromatic carbocycles. The van der Waals surface area contributed by atoms with Crippen molar-refractivity contribution in [2.24, 2.45) is 7.05 Å². The van der Waals surface area contributed by atoms with Gasteiger partial charge in [0.1, 0.15) is 11.5 Å². The highest BCUT2D eigenvalue weighted by Gasteiger charge is 2.17. The molecule has 2 aromatic heterocycles. The molecule has 1 aliphatic rings. The Morgan fingerprint density at radius 1 is 1.29 bits per heavy atom. The van der Waals surface area contributed by atoms with E-state index in [0.29, 0.717) is 17.1 Å². The van der Waals surface area contributed by atoms with Gasteiger partial charge in [-0.2, -0.15) is 9.90 Å². The van der Waals surface area contributed by atoms with Gasteiger partial charge in [0.05, 0.1) is 13.2 Å². The second-order valence-electron chi connectivity index (χ2n) is 5.54. The van der Waals surface area contributed by atoms with Crippen LogP contribution in [0.4, 0.5) is 11.5 Å². The van der Waals surface area contributed by atoms with Gasteiger partial charge in [-0.25, -0.2) is 4.68 Å². The highest BCUT2D eigenvalue weighted by atomic mass is 16.1. The summed E-state index contributed by atoms with van der Waals surface area (Å²) in [6, 6.07) is 7.09. The van der Waals surface area contributed by atoms with Gasteiger partial charge < -0.3 is 10.6 Å². The molecule has 122 valence electrons. The van der Waals surface area contributed by atoms with Gasteiger partial charge in [-0.3, -0.25) is 4.79 Å². The van der Waals surface area contributed by atoms with E-state index in [1.807, 2.05) is 4.68 Å². The molecule has 3 heterocycles. The summed E-state index contributed by atoms with van der Waals surface area (Å²) in [5.74, 6) is 1.20. The molecule has 1 aliphatic heterocycles. The Bertz CT molecular complexity index is 879. The van der Waals surface area contributed by atoms with Gasteiger partial charge in [-0.15, -0.1) is 10.2 Å². The number of aryl methyl sites for hydroxylation is 2. The summed E-state index contributed by atoms with van der Waals surface area (Å²) in [6.07, 6.45) is 2.70. The number of fused-ring (bicyclic) bond motifs is 1. The summed E-state index contributed by atoms with van der Waals surface area (Å²) < 4.78 is 1.86. The molecule has 0 aliphatic carbocycles. The fourth-order valence-corrected chi connectivity index (χ4v) is 2.63. The van der Waals surface area contributed by atoms with Crippen molar-refractivity contribution < 1.29 is 4.79 Å². The third-order valence-corrected chi connectivity index (χ3v) is 3.84.